The Balaban J connectivity index is 1.22. The van der Waals surface area contributed by atoms with Gasteiger partial charge in [-0.1, -0.05) is 89.0 Å². The molecular weight excluding hydrogens is 592 g/mol. The molecule has 3 aromatic rings. The van der Waals surface area contributed by atoms with Crippen molar-refractivity contribution in [1.29, 1.82) is 0 Å². The van der Waals surface area contributed by atoms with Crippen LogP contribution in [0.5, 0.6) is 5.75 Å². The highest BCUT2D eigenvalue weighted by molar-refractivity contribution is 5.93. The Labute approximate surface area is 279 Å². The lowest BCUT2D eigenvalue weighted by atomic mass is 9.98. The first-order chi connectivity index (χ1) is 22.8. The number of carboxylic acids is 1. The predicted molar refractivity (Wildman–Crippen MR) is 189 cm³/mol. The average molecular weight is 643 g/mol. The van der Waals surface area contributed by atoms with Crippen LogP contribution in [0, 0.1) is 0 Å². The normalized spacial score (nSPS) is 11.1. The van der Waals surface area contributed by atoms with Gasteiger partial charge in [0.15, 0.2) is 0 Å². The summed E-state index contributed by atoms with van der Waals surface area (Å²) >= 11 is 0. The van der Waals surface area contributed by atoms with Crippen LogP contribution in [0.4, 0.5) is 11.4 Å². The van der Waals surface area contributed by atoms with Crippen molar-refractivity contribution in [2.75, 3.05) is 18.1 Å². The second kappa shape index (κ2) is 20.5. The van der Waals surface area contributed by atoms with Gasteiger partial charge in [-0.05, 0) is 91.3 Å². The SMILES string of the molecule is CCCCCc1ccc(OC(=O)/C=C/c2ccc(C(=O)OCCCCCCCCCCCc3c(N)cc(N)cc3C(=O)O)cc2)cc1. The van der Waals surface area contributed by atoms with Gasteiger partial charge in [0.25, 0.3) is 0 Å². The van der Waals surface area contributed by atoms with Gasteiger partial charge in [0, 0.05) is 17.5 Å². The Morgan fingerprint density at radius 1 is 0.745 bits per heavy atom. The molecule has 8 heteroatoms. The van der Waals surface area contributed by atoms with Crippen LogP contribution in [0.15, 0.2) is 66.7 Å². The third kappa shape index (κ3) is 13.7. The molecule has 0 amide bonds. The van der Waals surface area contributed by atoms with E-state index in [1.165, 1.54) is 30.5 Å². The fraction of sp³-hybridized carbons (Fsp3) is 0.410. The molecule has 3 aromatic carbocycles. The fourth-order valence-electron chi connectivity index (χ4n) is 5.42. The molecule has 0 bridgehead atoms. The van der Waals surface area contributed by atoms with Gasteiger partial charge >= 0.3 is 17.9 Å². The van der Waals surface area contributed by atoms with E-state index in [1.807, 2.05) is 24.3 Å². The number of aryl methyl sites for hydroxylation is 1. The maximum atomic E-state index is 12.4. The van der Waals surface area contributed by atoms with Crippen molar-refractivity contribution >= 4 is 35.4 Å². The highest BCUT2D eigenvalue weighted by atomic mass is 16.5. The molecule has 5 N–H and O–H groups in total. The van der Waals surface area contributed by atoms with Crippen molar-refractivity contribution in [3.8, 4) is 5.75 Å². The van der Waals surface area contributed by atoms with Crippen LogP contribution in [0.3, 0.4) is 0 Å². The maximum absolute atomic E-state index is 12.4. The number of benzene rings is 3. The second-order valence-electron chi connectivity index (χ2n) is 12.0. The number of aromatic carboxylic acids is 1. The van der Waals surface area contributed by atoms with E-state index < -0.39 is 11.9 Å². The largest absolute Gasteiger partial charge is 0.478 e. The third-order valence-electron chi connectivity index (χ3n) is 8.11. The molecule has 0 aliphatic rings. The van der Waals surface area contributed by atoms with Crippen LogP contribution in [0.1, 0.15) is 121 Å². The Bertz CT molecular complexity index is 1450. The molecule has 0 atom stereocenters. The molecule has 0 aromatic heterocycles. The molecule has 0 spiro atoms. The first-order valence-corrected chi connectivity index (χ1v) is 16.9. The Morgan fingerprint density at radius 3 is 2.00 bits per heavy atom. The van der Waals surface area contributed by atoms with Gasteiger partial charge in [-0.25, -0.2) is 14.4 Å². The first kappa shape index (κ1) is 36.9. The van der Waals surface area contributed by atoms with Crippen molar-refractivity contribution in [1.82, 2.24) is 0 Å². The molecule has 0 radical (unpaired) electrons. The van der Waals surface area contributed by atoms with E-state index in [-0.39, 0.29) is 11.5 Å². The standard InChI is InChI=1S/C39H50N2O6/c1-2-3-11-14-29-18-23-33(24-19-29)47-37(42)25-20-30-16-21-31(22-17-30)39(45)46-26-13-10-8-6-4-5-7-9-12-15-34-35(38(43)44)27-32(40)28-36(34)41/h16-25,27-28H,2-15,26,40-41H2,1H3,(H,43,44)/b25-20+. The Kier molecular flexibility index (Phi) is 16.1. The zero-order valence-corrected chi connectivity index (χ0v) is 27.7. The second-order valence-corrected chi connectivity index (χ2v) is 12.0. The molecule has 0 aliphatic heterocycles. The number of hydrogen-bond acceptors (Lipinski definition) is 7. The molecule has 252 valence electrons. The number of carbonyl (C=O) groups excluding carboxylic acids is 2. The molecule has 47 heavy (non-hydrogen) atoms. The number of ether oxygens (including phenoxy) is 2. The number of nitrogens with two attached hydrogens (primary N) is 2. The van der Waals surface area contributed by atoms with E-state index in [9.17, 15) is 19.5 Å². The van der Waals surface area contributed by atoms with Gasteiger partial charge in [0.1, 0.15) is 5.75 Å². The minimum absolute atomic E-state index is 0.199. The first-order valence-electron chi connectivity index (χ1n) is 16.9. The van der Waals surface area contributed by atoms with Gasteiger partial charge in [-0.2, -0.15) is 0 Å². The van der Waals surface area contributed by atoms with Gasteiger partial charge in [-0.3, -0.25) is 0 Å². The monoisotopic (exact) mass is 642 g/mol. The summed E-state index contributed by atoms with van der Waals surface area (Å²) in [6, 6.07) is 17.7. The van der Waals surface area contributed by atoms with E-state index in [0.29, 0.717) is 41.3 Å². The topological polar surface area (TPSA) is 142 Å². The van der Waals surface area contributed by atoms with Crippen LogP contribution in [-0.4, -0.2) is 29.6 Å². The molecule has 8 nitrogen and oxygen atoms in total. The summed E-state index contributed by atoms with van der Waals surface area (Å²) in [5.41, 5.74) is 15.9. The van der Waals surface area contributed by atoms with Crippen molar-refractivity contribution in [2.45, 2.75) is 96.8 Å². The summed E-state index contributed by atoms with van der Waals surface area (Å²) in [7, 11) is 0. The van der Waals surface area contributed by atoms with Crippen LogP contribution < -0.4 is 16.2 Å². The average Bonchev–Trinajstić information content (AvgIpc) is 3.05. The van der Waals surface area contributed by atoms with E-state index in [2.05, 4.69) is 6.92 Å². The lowest BCUT2D eigenvalue weighted by molar-refractivity contribution is -0.128. The zero-order chi connectivity index (χ0) is 33.9. The predicted octanol–water partition coefficient (Wildman–Crippen LogP) is 8.81. The number of hydrogen-bond donors (Lipinski definition) is 3. The van der Waals surface area contributed by atoms with Gasteiger partial charge in [0.2, 0.25) is 0 Å². The number of rotatable bonds is 21. The number of carboxylic acid groups (broad SMARTS) is 1. The van der Waals surface area contributed by atoms with Crippen molar-refractivity contribution < 1.29 is 29.0 Å². The Morgan fingerprint density at radius 2 is 1.36 bits per heavy atom. The quantitative estimate of drug-likeness (QED) is 0.0344. The summed E-state index contributed by atoms with van der Waals surface area (Å²) in [4.78, 5) is 36.1. The van der Waals surface area contributed by atoms with Gasteiger partial charge in [-0.15, -0.1) is 0 Å². The van der Waals surface area contributed by atoms with Crippen molar-refractivity contribution in [2.24, 2.45) is 0 Å². The summed E-state index contributed by atoms with van der Waals surface area (Å²) in [5, 5.41) is 9.42. The summed E-state index contributed by atoms with van der Waals surface area (Å²) < 4.78 is 10.8. The number of anilines is 2. The summed E-state index contributed by atoms with van der Waals surface area (Å²) in [5.74, 6) is -1.29. The minimum Gasteiger partial charge on any atom is -0.478 e. The van der Waals surface area contributed by atoms with Crippen LogP contribution in [0.25, 0.3) is 6.08 Å². The zero-order valence-electron chi connectivity index (χ0n) is 27.7. The van der Waals surface area contributed by atoms with E-state index >= 15 is 0 Å². The lowest BCUT2D eigenvalue weighted by Crippen LogP contribution is -2.07. The fourth-order valence-corrected chi connectivity index (χ4v) is 5.42. The Hall–Kier alpha value is -4.59. The molecule has 0 fully saturated rings. The van der Waals surface area contributed by atoms with E-state index in [4.69, 9.17) is 20.9 Å². The van der Waals surface area contributed by atoms with Gasteiger partial charge < -0.3 is 26.0 Å². The number of nitrogen functional groups attached to an aromatic ring is 2. The molecule has 0 heterocycles. The molecule has 0 saturated heterocycles. The summed E-state index contributed by atoms with van der Waals surface area (Å²) in [6.07, 6.45) is 17.6. The highest BCUT2D eigenvalue weighted by Crippen LogP contribution is 2.24. The minimum atomic E-state index is -0.997. The smallest absolute Gasteiger partial charge is 0.338 e. The van der Waals surface area contributed by atoms with Gasteiger partial charge in [0.05, 0.1) is 17.7 Å². The summed E-state index contributed by atoms with van der Waals surface area (Å²) in [6.45, 7) is 2.57. The molecule has 3 rings (SSSR count). The van der Waals surface area contributed by atoms with Crippen LogP contribution in [0.2, 0.25) is 0 Å². The number of esters is 2. The number of unbranched alkanes of at least 4 members (excludes halogenated alkanes) is 10. The van der Waals surface area contributed by atoms with E-state index in [1.54, 1.807) is 36.4 Å². The number of carbonyl (C=O) groups is 3. The molecule has 0 unspecified atom stereocenters. The van der Waals surface area contributed by atoms with Crippen LogP contribution in [-0.2, 0) is 22.4 Å². The molecule has 0 saturated carbocycles. The maximum Gasteiger partial charge on any atom is 0.338 e. The van der Waals surface area contributed by atoms with Crippen LogP contribution >= 0.6 is 0 Å². The third-order valence-corrected chi connectivity index (χ3v) is 8.11. The molecule has 0 aliphatic carbocycles. The van der Waals surface area contributed by atoms with E-state index in [0.717, 1.165) is 76.2 Å². The van der Waals surface area contributed by atoms with Crippen molar-refractivity contribution in [3.05, 3.63) is 94.6 Å². The molecular formula is C39H50N2O6. The van der Waals surface area contributed by atoms with Crippen molar-refractivity contribution in [3.63, 3.8) is 0 Å². The lowest BCUT2D eigenvalue weighted by Gasteiger charge is -2.11. The highest BCUT2D eigenvalue weighted by Gasteiger charge is 2.14.